The Morgan fingerprint density at radius 2 is 1.53 bits per heavy atom. The van der Waals surface area contributed by atoms with Crippen molar-refractivity contribution in [2.75, 3.05) is 31.6 Å². The summed E-state index contributed by atoms with van der Waals surface area (Å²) in [5.74, 6) is -4.40. The van der Waals surface area contributed by atoms with E-state index in [1.807, 2.05) is 13.8 Å². The van der Waals surface area contributed by atoms with Crippen molar-refractivity contribution < 1.29 is 42.3 Å². The molecule has 5 rings (SSSR count). The van der Waals surface area contributed by atoms with Gasteiger partial charge >= 0.3 is 6.03 Å². The van der Waals surface area contributed by atoms with Crippen LogP contribution in [-0.4, -0.2) is 118 Å². The summed E-state index contributed by atoms with van der Waals surface area (Å²) in [6.07, 6.45) is 2.83. The molecule has 7 amide bonds. The maximum Gasteiger partial charge on any atom is 0.319 e. The van der Waals surface area contributed by atoms with Gasteiger partial charge in [0.1, 0.15) is 41.8 Å². The van der Waals surface area contributed by atoms with Gasteiger partial charge in [0.25, 0.3) is 0 Å². The second kappa shape index (κ2) is 19.1. The predicted molar refractivity (Wildman–Crippen MR) is 212 cm³/mol. The lowest BCUT2D eigenvalue weighted by molar-refractivity contribution is -0.157. The summed E-state index contributed by atoms with van der Waals surface area (Å²) in [5.41, 5.74) is -0.0137. The van der Waals surface area contributed by atoms with Crippen molar-refractivity contribution in [1.82, 2.24) is 30.7 Å². The highest BCUT2D eigenvalue weighted by atomic mass is 19.1. The van der Waals surface area contributed by atoms with E-state index in [0.29, 0.717) is 63.4 Å². The van der Waals surface area contributed by atoms with Gasteiger partial charge in [0.05, 0.1) is 18.2 Å². The largest absolute Gasteiger partial charge is 0.371 e. The summed E-state index contributed by atoms with van der Waals surface area (Å²) in [7, 11) is 0. The highest BCUT2D eigenvalue weighted by Crippen LogP contribution is 2.28. The molecule has 6 unspecified atom stereocenters. The Morgan fingerprint density at radius 1 is 0.897 bits per heavy atom. The van der Waals surface area contributed by atoms with E-state index < -0.39 is 83.1 Å². The standard InChI is InChI=1S/C42H57F2N7O7/c1-7-17-49-26(3)24-58-42(5,6)35(40(56)51-19-10-12-34(51)39(55)50-18-9-8-11-33(50)37(53)45-27(4)38(49)54)48-36(52)32(22-28-20-29(43)23-30(44)21-28)47-41(57)46-31-15-13-25(2)14-16-31/h13-16,20-21,23,26-27,32-35H,7-12,17-19,22,24H2,1-6H3,(H,45,53)(H,48,52)(H2,46,47,57). The van der Waals surface area contributed by atoms with Crippen molar-refractivity contribution in [3.05, 3.63) is 65.2 Å². The molecule has 0 aliphatic carbocycles. The molecule has 2 aromatic rings. The Kier molecular flexibility index (Phi) is 14.5. The number of hydrogen-bond donors (Lipinski definition) is 4. The number of aryl methyl sites for hydroxylation is 1. The first-order valence-corrected chi connectivity index (χ1v) is 20.2. The second-order valence-electron chi connectivity index (χ2n) is 16.2. The zero-order valence-electron chi connectivity index (χ0n) is 34.2. The van der Waals surface area contributed by atoms with E-state index in [4.69, 9.17) is 4.74 Å². The van der Waals surface area contributed by atoms with Gasteiger partial charge in [-0.15, -0.1) is 0 Å². The van der Waals surface area contributed by atoms with Crippen molar-refractivity contribution >= 4 is 41.3 Å². The zero-order chi connectivity index (χ0) is 42.3. The molecule has 3 heterocycles. The Balaban J connectivity index is 1.51. The molecule has 3 saturated heterocycles. The number of fused-ring (bicyclic) bond motifs is 2. The number of piperidine rings is 1. The third kappa shape index (κ3) is 10.7. The second-order valence-corrected chi connectivity index (χ2v) is 16.2. The average molecular weight is 810 g/mol. The molecule has 0 aromatic heterocycles. The van der Waals surface area contributed by atoms with Crippen LogP contribution in [0.5, 0.6) is 0 Å². The number of carbonyl (C=O) groups excluding carboxylic acids is 6. The minimum absolute atomic E-state index is 0.0684. The number of carbonyl (C=O) groups is 6. The van der Waals surface area contributed by atoms with Gasteiger partial charge in [0, 0.05) is 37.8 Å². The van der Waals surface area contributed by atoms with Gasteiger partial charge in [0.2, 0.25) is 29.5 Å². The van der Waals surface area contributed by atoms with Gasteiger partial charge in [-0.3, -0.25) is 24.0 Å². The van der Waals surface area contributed by atoms with Gasteiger partial charge in [-0.05, 0) is 103 Å². The predicted octanol–water partition coefficient (Wildman–Crippen LogP) is 3.80. The lowest BCUT2D eigenvalue weighted by Crippen LogP contribution is -2.65. The molecule has 316 valence electrons. The Bertz CT molecular complexity index is 1820. The highest BCUT2D eigenvalue weighted by molar-refractivity contribution is 5.98. The molecule has 6 atom stereocenters. The summed E-state index contributed by atoms with van der Waals surface area (Å²) in [5, 5.41) is 10.9. The fourth-order valence-corrected chi connectivity index (χ4v) is 7.94. The van der Waals surface area contributed by atoms with Crippen LogP contribution in [0, 0.1) is 18.6 Å². The van der Waals surface area contributed by atoms with Gasteiger partial charge in [-0.1, -0.05) is 24.6 Å². The van der Waals surface area contributed by atoms with Gasteiger partial charge < -0.3 is 40.7 Å². The maximum absolute atomic E-state index is 14.9. The van der Waals surface area contributed by atoms with Crippen LogP contribution in [-0.2, 0) is 35.1 Å². The molecule has 0 bridgehead atoms. The van der Waals surface area contributed by atoms with E-state index in [-0.39, 0.29) is 31.0 Å². The van der Waals surface area contributed by atoms with Crippen molar-refractivity contribution in [3.8, 4) is 0 Å². The van der Waals surface area contributed by atoms with Crippen LogP contribution in [0.25, 0.3) is 0 Å². The van der Waals surface area contributed by atoms with Crippen molar-refractivity contribution in [2.24, 2.45) is 0 Å². The fraction of sp³-hybridized carbons (Fsp3) is 0.571. The number of rotatable bonds is 8. The summed E-state index contributed by atoms with van der Waals surface area (Å²) >= 11 is 0. The molecule has 3 aliphatic heterocycles. The third-order valence-electron chi connectivity index (χ3n) is 11.1. The summed E-state index contributed by atoms with van der Waals surface area (Å²) in [6.45, 7) is 11.2. The number of benzene rings is 2. The van der Waals surface area contributed by atoms with Crippen LogP contribution in [0.2, 0.25) is 0 Å². The van der Waals surface area contributed by atoms with Gasteiger partial charge in [-0.25, -0.2) is 13.6 Å². The van der Waals surface area contributed by atoms with E-state index in [1.165, 1.54) is 9.80 Å². The molecule has 16 heteroatoms. The summed E-state index contributed by atoms with van der Waals surface area (Å²) in [4.78, 5) is 89.1. The van der Waals surface area contributed by atoms with E-state index in [0.717, 1.165) is 17.7 Å². The highest BCUT2D eigenvalue weighted by Gasteiger charge is 2.48. The number of ether oxygens (including phenoxy) is 1. The van der Waals surface area contributed by atoms with Crippen LogP contribution in [0.1, 0.15) is 84.3 Å². The fourth-order valence-electron chi connectivity index (χ4n) is 7.94. The van der Waals surface area contributed by atoms with Crippen LogP contribution in [0.3, 0.4) is 0 Å². The molecule has 2 aromatic carbocycles. The number of hydrogen-bond acceptors (Lipinski definition) is 7. The van der Waals surface area contributed by atoms with Crippen molar-refractivity contribution in [3.63, 3.8) is 0 Å². The first-order chi connectivity index (χ1) is 27.5. The lowest BCUT2D eigenvalue weighted by Gasteiger charge is -2.42. The Hall–Kier alpha value is -5.12. The van der Waals surface area contributed by atoms with E-state index in [9.17, 15) is 37.5 Å². The molecule has 0 saturated carbocycles. The molecular formula is C42H57F2N7O7. The lowest BCUT2D eigenvalue weighted by atomic mass is 9.94. The van der Waals surface area contributed by atoms with Crippen LogP contribution in [0.4, 0.5) is 19.3 Å². The zero-order valence-corrected chi connectivity index (χ0v) is 34.2. The number of nitrogens with zero attached hydrogens (tertiary/aromatic N) is 3. The number of amides is 7. The van der Waals surface area contributed by atoms with Gasteiger partial charge in [0.15, 0.2) is 0 Å². The van der Waals surface area contributed by atoms with E-state index in [1.54, 1.807) is 56.9 Å². The number of nitrogens with one attached hydrogen (secondary N) is 4. The molecule has 0 radical (unpaired) electrons. The molecule has 14 nitrogen and oxygen atoms in total. The number of urea groups is 1. The van der Waals surface area contributed by atoms with E-state index in [2.05, 4.69) is 21.3 Å². The molecule has 0 spiro atoms. The quantitative estimate of drug-likeness (QED) is 0.315. The molecule has 3 fully saturated rings. The molecule has 4 N–H and O–H groups in total. The van der Waals surface area contributed by atoms with E-state index >= 15 is 0 Å². The summed E-state index contributed by atoms with van der Waals surface area (Å²) < 4.78 is 35.1. The smallest absolute Gasteiger partial charge is 0.319 e. The molecule has 58 heavy (non-hydrogen) atoms. The first kappa shape index (κ1) is 44.0. The minimum Gasteiger partial charge on any atom is -0.371 e. The minimum atomic E-state index is -1.47. The first-order valence-electron chi connectivity index (χ1n) is 20.2. The van der Waals surface area contributed by atoms with Crippen LogP contribution < -0.4 is 21.3 Å². The maximum atomic E-state index is 14.9. The SMILES string of the molecule is CCCN1C(=O)C(C)NC(=O)C2CCCCN2C(=O)C2CCCN2C(=O)C(NC(=O)C(Cc2cc(F)cc(F)c2)NC(=O)Nc2ccc(C)cc2)C(C)(C)OCC1C. The van der Waals surface area contributed by atoms with Crippen LogP contribution >= 0.6 is 0 Å². The molecular weight excluding hydrogens is 752 g/mol. The van der Waals surface area contributed by atoms with Crippen molar-refractivity contribution in [2.45, 2.75) is 128 Å². The molecule has 3 aliphatic rings. The van der Waals surface area contributed by atoms with Crippen molar-refractivity contribution in [1.29, 1.82) is 0 Å². The number of anilines is 1. The topological polar surface area (TPSA) is 169 Å². The number of halogens is 2. The van der Waals surface area contributed by atoms with Crippen LogP contribution in [0.15, 0.2) is 42.5 Å². The summed E-state index contributed by atoms with van der Waals surface area (Å²) in [6, 6.07) is 2.84. The monoisotopic (exact) mass is 809 g/mol. The average Bonchev–Trinajstić information content (AvgIpc) is 3.67. The normalized spacial score (nSPS) is 25.0. The Morgan fingerprint density at radius 3 is 2.21 bits per heavy atom. The van der Waals surface area contributed by atoms with Gasteiger partial charge in [-0.2, -0.15) is 0 Å². The third-order valence-corrected chi connectivity index (χ3v) is 11.1. The Labute approximate surface area is 338 Å².